The summed E-state index contributed by atoms with van der Waals surface area (Å²) >= 11 is 0. The minimum absolute atomic E-state index is 0.153. The number of aromatic nitrogens is 3. The van der Waals surface area contributed by atoms with Gasteiger partial charge in [-0.25, -0.2) is 9.50 Å². The Morgan fingerprint density at radius 2 is 2.17 bits per heavy atom. The molecule has 0 radical (unpaired) electrons. The van der Waals surface area contributed by atoms with Gasteiger partial charge in [0, 0.05) is 49.7 Å². The van der Waals surface area contributed by atoms with Crippen molar-refractivity contribution < 1.29 is 9.84 Å². The van der Waals surface area contributed by atoms with Crippen molar-refractivity contribution in [1.29, 1.82) is 0 Å². The van der Waals surface area contributed by atoms with Crippen LogP contribution in [-0.4, -0.2) is 63.0 Å². The van der Waals surface area contributed by atoms with Crippen molar-refractivity contribution in [3.05, 3.63) is 48.4 Å². The van der Waals surface area contributed by atoms with E-state index >= 15 is 0 Å². The molecule has 3 aromatic rings. The second kappa shape index (κ2) is 8.99. The van der Waals surface area contributed by atoms with Gasteiger partial charge < -0.3 is 20.5 Å². The van der Waals surface area contributed by atoms with Gasteiger partial charge in [0.2, 0.25) is 0 Å². The zero-order valence-corrected chi connectivity index (χ0v) is 17.7. The molecule has 2 atom stereocenters. The molecule has 160 valence electrons. The van der Waals surface area contributed by atoms with Crippen molar-refractivity contribution in [1.82, 2.24) is 24.8 Å². The molecule has 0 amide bonds. The lowest BCUT2D eigenvalue weighted by Crippen LogP contribution is -2.53. The lowest BCUT2D eigenvalue weighted by atomic mass is 10.0. The number of piperidine rings is 1. The zero-order valence-electron chi connectivity index (χ0n) is 17.7. The molecule has 0 saturated carbocycles. The van der Waals surface area contributed by atoms with Gasteiger partial charge in [-0.3, -0.25) is 4.90 Å². The molecule has 0 bridgehead atoms. The summed E-state index contributed by atoms with van der Waals surface area (Å²) in [4.78, 5) is 6.77. The van der Waals surface area contributed by atoms with Gasteiger partial charge in [-0.1, -0.05) is 19.9 Å². The van der Waals surface area contributed by atoms with E-state index in [4.69, 9.17) is 4.74 Å². The third kappa shape index (κ3) is 4.56. The monoisotopic (exact) mass is 410 g/mol. The molecule has 0 aliphatic carbocycles. The van der Waals surface area contributed by atoms with Gasteiger partial charge in [0.05, 0.1) is 13.2 Å². The number of ether oxygens (including phenoxy) is 1. The quantitative estimate of drug-likeness (QED) is 0.551. The molecule has 2 unspecified atom stereocenters. The first kappa shape index (κ1) is 20.6. The molecular weight excluding hydrogens is 380 g/mol. The van der Waals surface area contributed by atoms with Gasteiger partial charge in [0.1, 0.15) is 17.6 Å². The molecule has 1 saturated heterocycles. The largest absolute Gasteiger partial charge is 0.497 e. The SMILES string of the molecule is COc1cccc(Nc2ncnn3ccc(CN4CCC(NC(C)C)C(O)C4)c23)c1. The zero-order chi connectivity index (χ0) is 21.1. The van der Waals surface area contributed by atoms with Crippen LogP contribution in [0.15, 0.2) is 42.9 Å². The van der Waals surface area contributed by atoms with Gasteiger partial charge in [0.15, 0.2) is 5.82 Å². The van der Waals surface area contributed by atoms with E-state index in [-0.39, 0.29) is 12.1 Å². The first-order valence-electron chi connectivity index (χ1n) is 10.4. The normalized spacial score (nSPS) is 20.0. The average Bonchev–Trinajstić information content (AvgIpc) is 3.14. The van der Waals surface area contributed by atoms with E-state index in [1.807, 2.05) is 35.0 Å². The van der Waals surface area contributed by atoms with Crippen molar-refractivity contribution in [3.63, 3.8) is 0 Å². The van der Waals surface area contributed by atoms with Gasteiger partial charge in [-0.15, -0.1) is 0 Å². The predicted molar refractivity (Wildman–Crippen MR) is 117 cm³/mol. The number of hydrogen-bond donors (Lipinski definition) is 3. The molecule has 4 rings (SSSR count). The second-order valence-corrected chi connectivity index (χ2v) is 8.12. The molecule has 3 N–H and O–H groups in total. The predicted octanol–water partition coefficient (Wildman–Crippen LogP) is 2.41. The van der Waals surface area contributed by atoms with E-state index in [1.165, 1.54) is 0 Å². The first-order chi connectivity index (χ1) is 14.5. The number of nitrogens with one attached hydrogen (secondary N) is 2. The number of aliphatic hydroxyl groups excluding tert-OH is 1. The summed E-state index contributed by atoms with van der Waals surface area (Å²) in [5.74, 6) is 1.53. The van der Waals surface area contributed by atoms with Crippen LogP contribution in [0.1, 0.15) is 25.8 Å². The first-order valence-corrected chi connectivity index (χ1v) is 10.4. The number of nitrogens with zero attached hydrogens (tertiary/aromatic N) is 4. The summed E-state index contributed by atoms with van der Waals surface area (Å²) in [5.41, 5.74) is 2.97. The minimum Gasteiger partial charge on any atom is -0.497 e. The van der Waals surface area contributed by atoms with Crippen LogP contribution in [0.2, 0.25) is 0 Å². The Kier molecular flexibility index (Phi) is 6.17. The standard InChI is InChI=1S/C22H30N6O2/c1-15(2)25-19-8-9-27(13-20(19)29)12-16-7-10-28-21(16)22(23-14-24-28)26-17-5-4-6-18(11-17)30-3/h4-7,10-11,14-15,19-20,25,29H,8-9,12-13H2,1-3H3,(H,23,24,26). The second-order valence-electron chi connectivity index (χ2n) is 8.12. The van der Waals surface area contributed by atoms with E-state index in [9.17, 15) is 5.11 Å². The maximum atomic E-state index is 10.6. The fourth-order valence-electron chi connectivity index (χ4n) is 4.08. The number of anilines is 2. The van der Waals surface area contributed by atoms with Crippen LogP contribution in [0.4, 0.5) is 11.5 Å². The molecule has 1 aromatic carbocycles. The van der Waals surface area contributed by atoms with Crippen LogP contribution in [0, 0.1) is 0 Å². The summed E-state index contributed by atoms with van der Waals surface area (Å²) in [5, 5.41) is 21.8. The van der Waals surface area contributed by atoms with E-state index in [1.54, 1.807) is 13.4 Å². The molecule has 2 aromatic heterocycles. The Labute approximate surface area is 176 Å². The van der Waals surface area contributed by atoms with Crippen LogP contribution >= 0.6 is 0 Å². The number of rotatable bonds is 7. The van der Waals surface area contributed by atoms with Crippen LogP contribution in [-0.2, 0) is 6.54 Å². The molecule has 1 fully saturated rings. The molecular formula is C22H30N6O2. The number of benzene rings is 1. The van der Waals surface area contributed by atoms with Crippen molar-refractivity contribution in [2.24, 2.45) is 0 Å². The third-order valence-corrected chi connectivity index (χ3v) is 5.48. The summed E-state index contributed by atoms with van der Waals surface area (Å²) in [6.07, 6.45) is 4.05. The Hall–Kier alpha value is -2.68. The lowest BCUT2D eigenvalue weighted by Gasteiger charge is -2.37. The summed E-state index contributed by atoms with van der Waals surface area (Å²) < 4.78 is 7.16. The number of likely N-dealkylation sites (tertiary alicyclic amines) is 1. The summed E-state index contributed by atoms with van der Waals surface area (Å²) in [6, 6.07) is 10.4. The van der Waals surface area contributed by atoms with E-state index in [2.05, 4.69) is 45.5 Å². The highest BCUT2D eigenvalue weighted by Crippen LogP contribution is 2.26. The number of methoxy groups -OCH3 is 1. The maximum Gasteiger partial charge on any atom is 0.158 e. The van der Waals surface area contributed by atoms with Crippen LogP contribution < -0.4 is 15.4 Å². The smallest absolute Gasteiger partial charge is 0.158 e. The molecule has 1 aliphatic rings. The Bertz CT molecular complexity index is 989. The Balaban J connectivity index is 1.53. The fourth-order valence-corrected chi connectivity index (χ4v) is 4.08. The van der Waals surface area contributed by atoms with E-state index in [0.717, 1.165) is 47.8 Å². The summed E-state index contributed by atoms with van der Waals surface area (Å²) in [6.45, 7) is 6.55. The highest BCUT2D eigenvalue weighted by atomic mass is 16.5. The maximum absolute atomic E-state index is 10.6. The van der Waals surface area contributed by atoms with Crippen LogP contribution in [0.25, 0.3) is 5.52 Å². The molecule has 30 heavy (non-hydrogen) atoms. The van der Waals surface area contributed by atoms with E-state index in [0.29, 0.717) is 12.6 Å². The van der Waals surface area contributed by atoms with E-state index < -0.39 is 0 Å². The van der Waals surface area contributed by atoms with Crippen molar-refractivity contribution in [2.45, 2.75) is 45.0 Å². The summed E-state index contributed by atoms with van der Waals surface area (Å²) in [7, 11) is 1.65. The highest BCUT2D eigenvalue weighted by molar-refractivity contribution is 5.76. The van der Waals surface area contributed by atoms with Gasteiger partial charge in [-0.05, 0) is 30.2 Å². The van der Waals surface area contributed by atoms with Gasteiger partial charge in [0.25, 0.3) is 0 Å². The number of aliphatic hydroxyl groups is 1. The average molecular weight is 411 g/mol. The number of fused-ring (bicyclic) bond motifs is 1. The van der Waals surface area contributed by atoms with Crippen molar-refractivity contribution >= 4 is 17.0 Å². The Morgan fingerprint density at radius 3 is 2.93 bits per heavy atom. The fraction of sp³-hybridized carbons (Fsp3) is 0.455. The van der Waals surface area contributed by atoms with Crippen molar-refractivity contribution in [2.75, 3.05) is 25.5 Å². The molecule has 8 nitrogen and oxygen atoms in total. The molecule has 8 heteroatoms. The third-order valence-electron chi connectivity index (χ3n) is 5.48. The molecule has 0 spiro atoms. The minimum atomic E-state index is -0.374. The van der Waals surface area contributed by atoms with Crippen LogP contribution in [0.3, 0.4) is 0 Å². The molecule has 3 heterocycles. The van der Waals surface area contributed by atoms with Gasteiger partial charge in [-0.2, -0.15) is 5.10 Å². The van der Waals surface area contributed by atoms with Crippen molar-refractivity contribution in [3.8, 4) is 5.75 Å². The van der Waals surface area contributed by atoms with Gasteiger partial charge >= 0.3 is 0 Å². The number of hydrogen-bond acceptors (Lipinski definition) is 7. The highest BCUT2D eigenvalue weighted by Gasteiger charge is 2.28. The molecule has 1 aliphatic heterocycles. The topological polar surface area (TPSA) is 87.0 Å². The Morgan fingerprint density at radius 1 is 1.30 bits per heavy atom. The lowest BCUT2D eigenvalue weighted by molar-refractivity contribution is 0.0345. The van der Waals surface area contributed by atoms with Crippen LogP contribution in [0.5, 0.6) is 5.75 Å². The number of β-amino-alcohol motifs (C(OH)–C–C–N with tert-alkyl or cyclic N) is 1.